The van der Waals surface area contributed by atoms with Crippen LogP contribution in [-0.4, -0.2) is 42.7 Å². The highest BCUT2D eigenvalue weighted by molar-refractivity contribution is 5.37. The second-order valence-electron chi connectivity index (χ2n) is 5.01. The molecule has 110 valence electrons. The number of hydrogen-bond acceptors (Lipinski definition) is 4. The molecule has 0 bridgehead atoms. The van der Waals surface area contributed by atoms with E-state index in [0.717, 1.165) is 24.7 Å². The summed E-state index contributed by atoms with van der Waals surface area (Å²) >= 11 is 0. The number of nitrogens with one attached hydrogen (secondary N) is 1. The maximum atomic E-state index is 5.91. The van der Waals surface area contributed by atoms with Gasteiger partial charge in [-0.25, -0.2) is 4.98 Å². The van der Waals surface area contributed by atoms with Crippen molar-refractivity contribution in [3.05, 3.63) is 18.3 Å². The van der Waals surface area contributed by atoms with Crippen LogP contribution >= 0.6 is 0 Å². The minimum absolute atomic E-state index is 0.217. The molecule has 0 aliphatic heterocycles. The topological polar surface area (TPSA) is 37.4 Å². The number of hydrogen-bond donors (Lipinski definition) is 1. The molecule has 1 aromatic heterocycles. The van der Waals surface area contributed by atoms with E-state index in [0.29, 0.717) is 0 Å². The van der Waals surface area contributed by atoms with Crippen molar-refractivity contribution in [1.82, 2.24) is 9.88 Å². The maximum absolute atomic E-state index is 5.91. The van der Waals surface area contributed by atoms with Crippen LogP contribution in [0.15, 0.2) is 18.3 Å². The lowest BCUT2D eigenvalue weighted by Gasteiger charge is -2.29. The summed E-state index contributed by atoms with van der Waals surface area (Å²) in [7, 11) is 4.08. The van der Waals surface area contributed by atoms with E-state index in [2.05, 4.69) is 29.0 Å². The van der Waals surface area contributed by atoms with Crippen molar-refractivity contribution in [2.24, 2.45) is 0 Å². The van der Waals surface area contributed by atoms with E-state index in [1.807, 2.05) is 47.0 Å². The number of rotatable bonds is 6. The predicted octanol–water partition coefficient (Wildman–Crippen LogP) is 3.26. The summed E-state index contributed by atoms with van der Waals surface area (Å²) in [4.78, 5) is 6.39. The third-order valence-corrected chi connectivity index (χ3v) is 2.19. The molecule has 0 aromatic carbocycles. The van der Waals surface area contributed by atoms with Crippen LogP contribution in [0.4, 0.5) is 5.82 Å². The van der Waals surface area contributed by atoms with Crippen LogP contribution in [0.1, 0.15) is 34.6 Å². The zero-order valence-electron chi connectivity index (χ0n) is 13.4. The van der Waals surface area contributed by atoms with Crippen molar-refractivity contribution in [3.8, 4) is 5.75 Å². The van der Waals surface area contributed by atoms with E-state index in [4.69, 9.17) is 4.74 Å². The summed E-state index contributed by atoms with van der Waals surface area (Å²) in [6, 6.07) is 3.88. The Kier molecular flexibility index (Phi) is 8.16. The predicted molar refractivity (Wildman–Crippen MR) is 83.0 cm³/mol. The fourth-order valence-corrected chi connectivity index (χ4v) is 1.84. The average molecular weight is 267 g/mol. The highest BCUT2D eigenvalue weighted by Crippen LogP contribution is 2.19. The van der Waals surface area contributed by atoms with Crippen molar-refractivity contribution >= 4 is 5.82 Å². The number of aromatic nitrogens is 1. The minimum Gasteiger partial charge on any atom is -0.485 e. The first kappa shape index (κ1) is 17.7. The smallest absolute Gasteiger partial charge is 0.138 e. The minimum atomic E-state index is -0.217. The Hall–Kier alpha value is -1.29. The molecule has 0 aliphatic carbocycles. The van der Waals surface area contributed by atoms with Gasteiger partial charge in [-0.05, 0) is 47.0 Å². The lowest BCUT2D eigenvalue weighted by molar-refractivity contribution is 0.0771. The van der Waals surface area contributed by atoms with Crippen molar-refractivity contribution in [2.75, 3.05) is 32.5 Å². The Bertz CT molecular complexity index is 334. The van der Waals surface area contributed by atoms with Gasteiger partial charge in [0.1, 0.15) is 17.2 Å². The van der Waals surface area contributed by atoms with Gasteiger partial charge in [-0.1, -0.05) is 13.8 Å². The zero-order chi connectivity index (χ0) is 14.9. The Labute approximate surface area is 118 Å². The summed E-state index contributed by atoms with van der Waals surface area (Å²) < 4.78 is 5.91. The Balaban J connectivity index is 0.00000154. The fraction of sp³-hybridized carbons (Fsp3) is 0.667. The first-order valence-electron chi connectivity index (χ1n) is 6.96. The molecule has 0 aliphatic rings. The number of nitrogens with zero attached hydrogens (tertiary/aromatic N) is 2. The quantitative estimate of drug-likeness (QED) is 0.858. The van der Waals surface area contributed by atoms with Gasteiger partial charge in [0.2, 0.25) is 0 Å². The van der Waals surface area contributed by atoms with E-state index in [9.17, 15) is 0 Å². The molecule has 0 saturated heterocycles. The molecule has 0 radical (unpaired) electrons. The first-order chi connectivity index (χ1) is 8.93. The number of ether oxygens (including phenoxy) is 1. The van der Waals surface area contributed by atoms with Gasteiger partial charge in [-0.2, -0.15) is 0 Å². The van der Waals surface area contributed by atoms with E-state index in [1.54, 1.807) is 6.20 Å². The summed E-state index contributed by atoms with van der Waals surface area (Å²) in [5.41, 5.74) is -0.217. The molecular formula is C15H29N3O. The van der Waals surface area contributed by atoms with Gasteiger partial charge < -0.3 is 15.0 Å². The Morgan fingerprint density at radius 1 is 1.26 bits per heavy atom. The Morgan fingerprint density at radius 2 is 1.89 bits per heavy atom. The first-order valence-corrected chi connectivity index (χ1v) is 6.96. The molecule has 1 rings (SSSR count). The van der Waals surface area contributed by atoms with Crippen molar-refractivity contribution < 1.29 is 4.74 Å². The lowest BCUT2D eigenvalue weighted by atomic mass is 10.1. The van der Waals surface area contributed by atoms with Crippen LogP contribution in [0.5, 0.6) is 5.75 Å². The largest absolute Gasteiger partial charge is 0.485 e. The molecule has 0 unspecified atom stereocenters. The highest BCUT2D eigenvalue weighted by Gasteiger charge is 2.20. The van der Waals surface area contributed by atoms with Crippen LogP contribution < -0.4 is 10.1 Å². The van der Waals surface area contributed by atoms with E-state index >= 15 is 0 Å². The van der Waals surface area contributed by atoms with Gasteiger partial charge in [-0.3, -0.25) is 0 Å². The van der Waals surface area contributed by atoms with Crippen molar-refractivity contribution in [2.45, 2.75) is 40.2 Å². The normalized spacial score (nSPS) is 10.7. The second kappa shape index (κ2) is 8.75. The molecule has 19 heavy (non-hydrogen) atoms. The highest BCUT2D eigenvalue weighted by atomic mass is 16.5. The van der Waals surface area contributed by atoms with Crippen LogP contribution in [0.25, 0.3) is 0 Å². The van der Waals surface area contributed by atoms with E-state index in [1.165, 1.54) is 0 Å². The summed E-state index contributed by atoms with van der Waals surface area (Å²) in [6.07, 6.45) is 1.76. The van der Waals surface area contributed by atoms with Crippen LogP contribution in [0.2, 0.25) is 0 Å². The average Bonchev–Trinajstić information content (AvgIpc) is 2.32. The van der Waals surface area contributed by atoms with Gasteiger partial charge in [0.05, 0.1) is 6.20 Å². The van der Waals surface area contributed by atoms with Gasteiger partial charge in [0, 0.05) is 13.1 Å². The van der Waals surface area contributed by atoms with Crippen molar-refractivity contribution in [1.29, 1.82) is 0 Å². The monoisotopic (exact) mass is 267 g/mol. The summed E-state index contributed by atoms with van der Waals surface area (Å²) in [6.45, 7) is 11.9. The third-order valence-electron chi connectivity index (χ3n) is 2.19. The van der Waals surface area contributed by atoms with Gasteiger partial charge in [0.25, 0.3) is 0 Å². The molecule has 4 nitrogen and oxygen atoms in total. The second-order valence-corrected chi connectivity index (χ2v) is 5.01. The van der Waals surface area contributed by atoms with Crippen LogP contribution in [-0.2, 0) is 0 Å². The molecule has 4 heteroatoms. The lowest BCUT2D eigenvalue weighted by Crippen LogP contribution is -2.39. The molecule has 1 heterocycles. The molecule has 0 fully saturated rings. The summed E-state index contributed by atoms with van der Waals surface area (Å²) in [5, 5.41) is 3.15. The van der Waals surface area contributed by atoms with Gasteiger partial charge >= 0.3 is 0 Å². The molecular weight excluding hydrogens is 238 g/mol. The van der Waals surface area contributed by atoms with E-state index in [-0.39, 0.29) is 5.60 Å². The number of likely N-dealkylation sites (N-methyl/N-ethyl adjacent to an activating group) is 1. The summed E-state index contributed by atoms with van der Waals surface area (Å²) in [5.74, 6) is 1.68. The molecule has 1 aromatic rings. The zero-order valence-corrected chi connectivity index (χ0v) is 13.4. The fourth-order valence-electron chi connectivity index (χ4n) is 1.84. The number of pyridine rings is 1. The third kappa shape index (κ3) is 7.67. The molecule has 0 saturated carbocycles. The molecule has 0 spiro atoms. The van der Waals surface area contributed by atoms with Crippen LogP contribution in [0.3, 0.4) is 0 Å². The Morgan fingerprint density at radius 3 is 2.32 bits per heavy atom. The number of anilines is 1. The standard InChI is InChI=1S/C13H23N3O.C2H6/c1-6-14-12-8-7-11(9-15-12)17-13(2,3)10-16(4)5;1-2/h7-9H,6,10H2,1-5H3,(H,14,15);1-2H3. The van der Waals surface area contributed by atoms with Gasteiger partial charge in [0.15, 0.2) is 0 Å². The SMILES string of the molecule is CC.CCNc1ccc(OC(C)(C)CN(C)C)cn1. The maximum Gasteiger partial charge on any atom is 0.138 e. The molecule has 0 atom stereocenters. The van der Waals surface area contributed by atoms with E-state index < -0.39 is 0 Å². The van der Waals surface area contributed by atoms with Crippen LogP contribution in [0, 0.1) is 0 Å². The van der Waals surface area contributed by atoms with Gasteiger partial charge in [-0.15, -0.1) is 0 Å². The molecule has 0 amide bonds. The molecule has 1 N–H and O–H groups in total. The van der Waals surface area contributed by atoms with Crippen molar-refractivity contribution in [3.63, 3.8) is 0 Å².